The molecule has 1 atom stereocenters. The molecule has 3 rings (SSSR count). The molecule has 6 nitrogen and oxygen atoms in total. The van der Waals surface area contributed by atoms with Gasteiger partial charge in [-0.15, -0.1) is 0 Å². The molecule has 0 saturated carbocycles. The van der Waals surface area contributed by atoms with E-state index in [-0.39, 0.29) is 16.0 Å². The summed E-state index contributed by atoms with van der Waals surface area (Å²) < 4.78 is 29.6. The number of benzene rings is 1. The minimum Gasteiger partial charge on any atom is -0.633 e. The van der Waals surface area contributed by atoms with Gasteiger partial charge in [0.15, 0.2) is 0 Å². The first kappa shape index (κ1) is 22.0. The Hall–Kier alpha value is -1.25. The first-order valence-corrected chi connectivity index (χ1v) is 10.8. The molecule has 0 aromatic heterocycles. The highest BCUT2D eigenvalue weighted by Gasteiger charge is 2.45. The molecule has 1 fully saturated rings. The number of likely N-dealkylation sites (tertiary alicyclic amines) is 1. The number of hydroxylamine groups is 2. The second-order valence-corrected chi connectivity index (χ2v) is 10.0. The molecule has 152 valence electrons. The van der Waals surface area contributed by atoms with E-state index in [1.165, 1.54) is 43.6 Å². The van der Waals surface area contributed by atoms with Crippen LogP contribution >= 0.6 is 0 Å². The molecule has 0 bridgehead atoms. The van der Waals surface area contributed by atoms with Crippen molar-refractivity contribution < 1.29 is 18.0 Å². The fourth-order valence-corrected chi connectivity index (χ4v) is 4.25. The zero-order valence-corrected chi connectivity index (χ0v) is 17.8. The highest BCUT2D eigenvalue weighted by Crippen LogP contribution is 2.26. The van der Waals surface area contributed by atoms with Crippen LogP contribution in [0.5, 0.6) is 0 Å². The van der Waals surface area contributed by atoms with Crippen LogP contribution in [0.2, 0.25) is 0 Å². The molecule has 2 aliphatic rings. The molecule has 2 N–H and O–H groups in total. The third-order valence-corrected chi connectivity index (χ3v) is 6.27. The van der Waals surface area contributed by atoms with Crippen molar-refractivity contribution in [2.45, 2.75) is 63.4 Å². The third-order valence-electron chi connectivity index (χ3n) is 5.40. The third kappa shape index (κ3) is 5.39. The number of hydrogen-bond acceptors (Lipinski definition) is 4. The molecule has 0 spiro atoms. The lowest BCUT2D eigenvalue weighted by Crippen LogP contribution is -3.20. The van der Waals surface area contributed by atoms with E-state index in [1.807, 2.05) is 20.8 Å². The maximum Gasteiger partial charge on any atom is 0.294 e. The van der Waals surface area contributed by atoms with Crippen molar-refractivity contribution in [2.24, 2.45) is 0 Å². The molecular weight excluding hydrogens is 364 g/mol. The standard InChI is InChI=1S/C13H24N2O.C7H8O3S/c1-12(2)9-11(13(3,4)15(12)16)10-14-7-5-6-8-14;1-6-2-4-7(5-3-6)11(8,9)10/h9,15H,5-8,10H2,1-4H3;2-5H,1H3,(H,8,9,10). The second-order valence-electron chi connectivity index (χ2n) is 8.62. The van der Waals surface area contributed by atoms with Gasteiger partial charge in [0, 0.05) is 12.1 Å². The van der Waals surface area contributed by atoms with E-state index in [2.05, 4.69) is 24.8 Å². The first-order valence-electron chi connectivity index (χ1n) is 9.38. The molecule has 0 aliphatic carbocycles. The van der Waals surface area contributed by atoms with Gasteiger partial charge in [-0.25, -0.2) is 0 Å². The van der Waals surface area contributed by atoms with Gasteiger partial charge in [-0.05, 0) is 78.8 Å². The summed E-state index contributed by atoms with van der Waals surface area (Å²) in [6.45, 7) is 13.4. The summed E-state index contributed by atoms with van der Waals surface area (Å²) >= 11 is 0. The van der Waals surface area contributed by atoms with Gasteiger partial charge < -0.3 is 10.3 Å². The van der Waals surface area contributed by atoms with Gasteiger partial charge in [0.1, 0.15) is 11.1 Å². The highest BCUT2D eigenvalue weighted by molar-refractivity contribution is 7.85. The van der Waals surface area contributed by atoms with E-state index >= 15 is 0 Å². The summed E-state index contributed by atoms with van der Waals surface area (Å²) in [5, 5.41) is 12.6. The number of hydrogen-bond donors (Lipinski definition) is 2. The Morgan fingerprint density at radius 1 is 1.11 bits per heavy atom. The van der Waals surface area contributed by atoms with Crippen LogP contribution in [0.25, 0.3) is 0 Å². The van der Waals surface area contributed by atoms with E-state index in [4.69, 9.17) is 4.55 Å². The van der Waals surface area contributed by atoms with Crippen LogP contribution < -0.4 is 5.06 Å². The van der Waals surface area contributed by atoms with Crippen molar-refractivity contribution in [1.29, 1.82) is 0 Å². The maximum atomic E-state index is 12.3. The molecule has 2 heterocycles. The Bertz CT molecular complexity index is 777. The minimum absolute atomic E-state index is 0.0666. The van der Waals surface area contributed by atoms with Crippen molar-refractivity contribution >= 4 is 10.1 Å². The largest absolute Gasteiger partial charge is 0.633 e. The highest BCUT2D eigenvalue weighted by atomic mass is 32.2. The van der Waals surface area contributed by atoms with Crippen molar-refractivity contribution in [1.82, 2.24) is 4.90 Å². The van der Waals surface area contributed by atoms with Crippen molar-refractivity contribution in [3.63, 3.8) is 0 Å². The van der Waals surface area contributed by atoms with Crippen LogP contribution in [0.3, 0.4) is 0 Å². The number of nitrogens with zero attached hydrogens (tertiary/aromatic N) is 1. The molecule has 1 saturated heterocycles. The van der Waals surface area contributed by atoms with E-state index in [9.17, 15) is 13.6 Å². The smallest absolute Gasteiger partial charge is 0.294 e. The number of aryl methyl sites for hydroxylation is 1. The molecule has 1 aromatic rings. The number of nitrogens with one attached hydrogen (secondary N) is 1. The summed E-state index contributed by atoms with van der Waals surface area (Å²) in [6, 6.07) is 5.99. The van der Waals surface area contributed by atoms with Crippen LogP contribution in [-0.2, 0) is 10.1 Å². The van der Waals surface area contributed by atoms with Crippen molar-refractivity contribution in [3.8, 4) is 0 Å². The zero-order chi connectivity index (χ0) is 20.5. The predicted molar refractivity (Wildman–Crippen MR) is 107 cm³/mol. The SMILES string of the molecule is CC1(C)C=C(CN2CCCC2)C(C)(C)[NH+]1[O-].Cc1ccc(S(=O)(=O)O)cc1. The summed E-state index contributed by atoms with van der Waals surface area (Å²) in [5.41, 5.74) is 1.76. The van der Waals surface area contributed by atoms with E-state index < -0.39 is 10.1 Å². The average Bonchev–Trinajstić information content (AvgIpc) is 3.11. The van der Waals surface area contributed by atoms with Gasteiger partial charge in [-0.3, -0.25) is 9.45 Å². The van der Waals surface area contributed by atoms with Crippen LogP contribution in [-0.4, -0.2) is 48.6 Å². The Kier molecular flexibility index (Phi) is 6.54. The van der Waals surface area contributed by atoms with E-state index in [1.54, 1.807) is 12.1 Å². The van der Waals surface area contributed by atoms with E-state index in [0.29, 0.717) is 5.06 Å². The van der Waals surface area contributed by atoms with Gasteiger partial charge in [-0.2, -0.15) is 8.42 Å². The van der Waals surface area contributed by atoms with Crippen molar-refractivity contribution in [2.75, 3.05) is 19.6 Å². The Balaban J connectivity index is 0.000000208. The van der Waals surface area contributed by atoms with Gasteiger partial charge in [0.25, 0.3) is 10.1 Å². The van der Waals surface area contributed by atoms with Gasteiger partial charge in [0.2, 0.25) is 0 Å². The molecular formula is C20H32N2O4S. The lowest BCUT2D eigenvalue weighted by atomic mass is 9.96. The van der Waals surface area contributed by atoms with Crippen LogP contribution in [0.4, 0.5) is 0 Å². The summed E-state index contributed by atoms with van der Waals surface area (Å²) in [4.78, 5) is 2.41. The average molecular weight is 397 g/mol. The zero-order valence-electron chi connectivity index (χ0n) is 16.9. The molecule has 0 amide bonds. The van der Waals surface area contributed by atoms with Gasteiger partial charge >= 0.3 is 0 Å². The molecule has 27 heavy (non-hydrogen) atoms. The quantitative estimate of drug-likeness (QED) is 0.465. The molecule has 1 unspecified atom stereocenters. The van der Waals surface area contributed by atoms with E-state index in [0.717, 1.165) is 12.1 Å². The predicted octanol–water partition coefficient (Wildman–Crippen LogP) is 2.20. The Labute approximate surface area is 163 Å². The molecule has 0 radical (unpaired) electrons. The Morgan fingerprint density at radius 3 is 2.04 bits per heavy atom. The fourth-order valence-electron chi connectivity index (χ4n) is 3.77. The normalized spacial score (nSPS) is 24.3. The maximum absolute atomic E-state index is 12.3. The molecule has 1 aromatic carbocycles. The lowest BCUT2D eigenvalue weighted by Gasteiger charge is -2.42. The minimum atomic E-state index is -4.02. The second kappa shape index (κ2) is 8.01. The van der Waals surface area contributed by atoms with Gasteiger partial charge in [-0.1, -0.05) is 17.7 Å². The molecule has 7 heteroatoms. The van der Waals surface area contributed by atoms with Gasteiger partial charge in [0.05, 0.1) is 4.90 Å². The summed E-state index contributed by atoms with van der Waals surface area (Å²) in [7, 11) is -4.02. The van der Waals surface area contributed by atoms with Crippen LogP contribution in [0.1, 0.15) is 46.1 Å². The summed E-state index contributed by atoms with van der Waals surface area (Å²) in [5.74, 6) is 0. The lowest BCUT2D eigenvalue weighted by molar-refractivity contribution is -0.927. The van der Waals surface area contributed by atoms with Crippen molar-refractivity contribution in [3.05, 3.63) is 46.7 Å². The van der Waals surface area contributed by atoms with Crippen LogP contribution in [0.15, 0.2) is 40.8 Å². The number of quaternary nitrogens is 1. The monoisotopic (exact) mass is 396 g/mol. The Morgan fingerprint density at radius 2 is 1.63 bits per heavy atom. The molecule has 2 aliphatic heterocycles. The fraction of sp³-hybridized carbons (Fsp3) is 0.600. The first-order chi connectivity index (χ1) is 12.3. The summed E-state index contributed by atoms with van der Waals surface area (Å²) in [6.07, 6.45) is 4.82. The number of rotatable bonds is 3. The van der Waals surface area contributed by atoms with Crippen LogP contribution in [0, 0.1) is 12.1 Å². The topological polar surface area (TPSA) is 85.1 Å².